The summed E-state index contributed by atoms with van der Waals surface area (Å²) in [6, 6.07) is 9.89. The third-order valence-corrected chi connectivity index (χ3v) is 3.28. The van der Waals surface area contributed by atoms with Gasteiger partial charge in [-0.3, -0.25) is 9.59 Å². The molecule has 6 heteroatoms. The summed E-state index contributed by atoms with van der Waals surface area (Å²) in [5.41, 5.74) is 0.855. The molecule has 0 aliphatic rings. The highest BCUT2D eigenvalue weighted by Gasteiger charge is 2.13. The lowest BCUT2D eigenvalue weighted by molar-refractivity contribution is 0.0827. The SMILES string of the molecule is CN(C)C(=O)c1ccc(Cl)c(NC(=O)c2cccc(F)c2)c1. The highest BCUT2D eigenvalue weighted by Crippen LogP contribution is 2.24. The molecule has 2 amide bonds. The van der Waals surface area contributed by atoms with Crippen LogP contribution in [-0.4, -0.2) is 30.8 Å². The van der Waals surface area contributed by atoms with Gasteiger partial charge in [-0.1, -0.05) is 17.7 Å². The molecule has 0 bridgehead atoms. The minimum absolute atomic E-state index is 0.167. The van der Waals surface area contributed by atoms with Crippen molar-refractivity contribution in [3.8, 4) is 0 Å². The molecule has 0 saturated carbocycles. The molecule has 0 aliphatic heterocycles. The summed E-state index contributed by atoms with van der Waals surface area (Å²) >= 11 is 6.03. The van der Waals surface area contributed by atoms with E-state index in [2.05, 4.69) is 5.32 Å². The fraction of sp³-hybridized carbons (Fsp3) is 0.125. The van der Waals surface area contributed by atoms with Gasteiger partial charge in [-0.25, -0.2) is 4.39 Å². The van der Waals surface area contributed by atoms with Crippen LogP contribution >= 0.6 is 11.6 Å². The van der Waals surface area contributed by atoms with Gasteiger partial charge in [0.1, 0.15) is 5.82 Å². The average Bonchev–Trinajstić information content (AvgIpc) is 2.48. The van der Waals surface area contributed by atoms with Gasteiger partial charge < -0.3 is 10.2 Å². The first-order chi connectivity index (χ1) is 10.4. The van der Waals surface area contributed by atoms with Gasteiger partial charge in [-0.2, -0.15) is 0 Å². The maximum Gasteiger partial charge on any atom is 0.255 e. The number of carbonyl (C=O) groups is 2. The van der Waals surface area contributed by atoms with E-state index < -0.39 is 11.7 Å². The van der Waals surface area contributed by atoms with Crippen molar-refractivity contribution in [2.45, 2.75) is 0 Å². The quantitative estimate of drug-likeness (QED) is 0.942. The standard InChI is InChI=1S/C16H14ClFN2O2/c1-20(2)16(22)11-6-7-13(17)14(9-11)19-15(21)10-4-3-5-12(18)8-10/h3-9H,1-2H3,(H,19,21). The van der Waals surface area contributed by atoms with Crippen molar-refractivity contribution in [1.29, 1.82) is 0 Å². The van der Waals surface area contributed by atoms with E-state index in [9.17, 15) is 14.0 Å². The van der Waals surface area contributed by atoms with Gasteiger partial charge in [0.2, 0.25) is 0 Å². The molecule has 2 rings (SSSR count). The molecule has 0 unspecified atom stereocenters. The van der Waals surface area contributed by atoms with Gasteiger partial charge in [-0.15, -0.1) is 0 Å². The number of benzene rings is 2. The first kappa shape index (κ1) is 16.0. The van der Waals surface area contributed by atoms with Crippen molar-refractivity contribution >= 4 is 29.1 Å². The second-order valence-corrected chi connectivity index (χ2v) is 5.27. The molecule has 0 saturated heterocycles. The second-order valence-electron chi connectivity index (χ2n) is 4.86. The summed E-state index contributed by atoms with van der Waals surface area (Å²) in [5.74, 6) is -1.22. The van der Waals surface area contributed by atoms with Crippen molar-refractivity contribution < 1.29 is 14.0 Å². The first-order valence-corrected chi connectivity index (χ1v) is 6.84. The fourth-order valence-electron chi connectivity index (χ4n) is 1.84. The number of hydrogen-bond donors (Lipinski definition) is 1. The van der Waals surface area contributed by atoms with Gasteiger partial charge in [0.15, 0.2) is 0 Å². The Kier molecular flexibility index (Phi) is 4.78. The lowest BCUT2D eigenvalue weighted by Crippen LogP contribution is -2.22. The molecular formula is C16H14ClFN2O2. The number of nitrogens with one attached hydrogen (secondary N) is 1. The van der Waals surface area contributed by atoms with E-state index in [4.69, 9.17) is 11.6 Å². The molecule has 0 atom stereocenters. The molecule has 2 aromatic carbocycles. The Balaban J connectivity index is 2.27. The second kappa shape index (κ2) is 6.58. The first-order valence-electron chi connectivity index (χ1n) is 6.46. The van der Waals surface area contributed by atoms with Gasteiger partial charge in [-0.05, 0) is 36.4 Å². The number of hydrogen-bond acceptors (Lipinski definition) is 2. The van der Waals surface area contributed by atoms with E-state index in [0.29, 0.717) is 16.3 Å². The minimum Gasteiger partial charge on any atom is -0.345 e. The lowest BCUT2D eigenvalue weighted by atomic mass is 10.1. The van der Waals surface area contributed by atoms with E-state index >= 15 is 0 Å². The summed E-state index contributed by atoms with van der Waals surface area (Å²) < 4.78 is 13.1. The van der Waals surface area contributed by atoms with Gasteiger partial charge >= 0.3 is 0 Å². The highest BCUT2D eigenvalue weighted by molar-refractivity contribution is 6.34. The van der Waals surface area contributed by atoms with E-state index in [1.807, 2.05) is 0 Å². The number of halogens is 2. The topological polar surface area (TPSA) is 49.4 Å². The number of nitrogens with zero attached hydrogens (tertiary/aromatic N) is 1. The van der Waals surface area contributed by atoms with E-state index in [1.54, 1.807) is 20.2 Å². The van der Waals surface area contributed by atoms with Crippen LogP contribution in [-0.2, 0) is 0 Å². The van der Waals surface area contributed by atoms with Crippen molar-refractivity contribution in [3.05, 3.63) is 64.4 Å². The zero-order chi connectivity index (χ0) is 16.3. The van der Waals surface area contributed by atoms with Gasteiger partial charge in [0, 0.05) is 25.2 Å². The van der Waals surface area contributed by atoms with Crippen LogP contribution in [0.1, 0.15) is 20.7 Å². The van der Waals surface area contributed by atoms with Gasteiger partial charge in [0.25, 0.3) is 11.8 Å². The molecule has 2 aromatic rings. The molecule has 0 aromatic heterocycles. The van der Waals surface area contributed by atoms with Crippen molar-refractivity contribution in [3.63, 3.8) is 0 Å². The normalized spacial score (nSPS) is 10.2. The summed E-state index contributed by atoms with van der Waals surface area (Å²) in [6.45, 7) is 0. The number of carbonyl (C=O) groups excluding carboxylic acids is 2. The molecule has 0 spiro atoms. The van der Waals surface area contributed by atoms with Crippen molar-refractivity contribution in [2.24, 2.45) is 0 Å². The molecular weight excluding hydrogens is 307 g/mol. The average molecular weight is 321 g/mol. The van der Waals surface area contributed by atoms with Crippen LogP contribution in [0.2, 0.25) is 5.02 Å². The molecule has 0 aliphatic carbocycles. The van der Waals surface area contributed by atoms with Crippen LogP contribution < -0.4 is 5.32 Å². The fourth-order valence-corrected chi connectivity index (χ4v) is 2.00. The van der Waals surface area contributed by atoms with Crippen molar-refractivity contribution in [2.75, 3.05) is 19.4 Å². The van der Waals surface area contributed by atoms with Crippen LogP contribution in [0, 0.1) is 5.82 Å². The van der Waals surface area contributed by atoms with Gasteiger partial charge in [0.05, 0.1) is 10.7 Å². The van der Waals surface area contributed by atoms with E-state index in [0.717, 1.165) is 6.07 Å². The minimum atomic E-state index is -0.504. The monoisotopic (exact) mass is 320 g/mol. The third kappa shape index (κ3) is 3.62. The van der Waals surface area contributed by atoms with E-state index in [1.165, 1.54) is 35.2 Å². The Morgan fingerprint density at radius 1 is 1.09 bits per heavy atom. The number of anilines is 1. The molecule has 0 heterocycles. The number of amides is 2. The lowest BCUT2D eigenvalue weighted by Gasteiger charge is -2.13. The molecule has 4 nitrogen and oxygen atoms in total. The molecule has 1 N–H and O–H groups in total. The highest BCUT2D eigenvalue weighted by atomic mass is 35.5. The van der Waals surface area contributed by atoms with Crippen molar-refractivity contribution in [1.82, 2.24) is 4.90 Å². The molecule has 22 heavy (non-hydrogen) atoms. The van der Waals surface area contributed by atoms with Crippen LogP contribution in [0.15, 0.2) is 42.5 Å². The Hall–Kier alpha value is -2.40. The van der Waals surface area contributed by atoms with Crippen LogP contribution in [0.4, 0.5) is 10.1 Å². The summed E-state index contributed by atoms with van der Waals surface area (Å²) in [5, 5.41) is 2.87. The third-order valence-electron chi connectivity index (χ3n) is 2.95. The molecule has 0 fully saturated rings. The Labute approximate surface area is 132 Å². The van der Waals surface area contributed by atoms with E-state index in [-0.39, 0.29) is 11.5 Å². The predicted octanol–water partition coefficient (Wildman–Crippen LogP) is 3.43. The predicted molar refractivity (Wildman–Crippen MR) is 83.8 cm³/mol. The Bertz CT molecular complexity index is 732. The summed E-state index contributed by atoms with van der Waals surface area (Å²) in [4.78, 5) is 25.4. The maximum absolute atomic E-state index is 13.1. The zero-order valence-corrected chi connectivity index (χ0v) is 12.8. The Morgan fingerprint density at radius 3 is 2.45 bits per heavy atom. The van der Waals surface area contributed by atoms with Crippen LogP contribution in [0.5, 0.6) is 0 Å². The largest absolute Gasteiger partial charge is 0.345 e. The molecule has 0 radical (unpaired) electrons. The maximum atomic E-state index is 13.1. The summed E-state index contributed by atoms with van der Waals surface area (Å²) in [7, 11) is 3.25. The zero-order valence-electron chi connectivity index (χ0n) is 12.1. The molecule has 114 valence electrons. The smallest absolute Gasteiger partial charge is 0.255 e. The summed E-state index contributed by atoms with van der Waals surface area (Å²) in [6.07, 6.45) is 0. The Morgan fingerprint density at radius 2 is 1.82 bits per heavy atom. The number of rotatable bonds is 3. The van der Waals surface area contributed by atoms with Crippen LogP contribution in [0.3, 0.4) is 0 Å². The van der Waals surface area contributed by atoms with Crippen LogP contribution in [0.25, 0.3) is 0 Å².